The van der Waals surface area contributed by atoms with Crippen molar-refractivity contribution in [3.63, 3.8) is 0 Å². The van der Waals surface area contributed by atoms with Gasteiger partial charge in [0, 0.05) is 0 Å². The van der Waals surface area contributed by atoms with Crippen molar-refractivity contribution in [2.24, 2.45) is 5.92 Å². The lowest BCUT2D eigenvalue weighted by molar-refractivity contribution is -0.163. The average Bonchev–Trinajstić information content (AvgIpc) is 2.34. The van der Waals surface area contributed by atoms with E-state index >= 15 is 0 Å². The molecule has 0 amide bonds. The molecule has 0 saturated heterocycles. The summed E-state index contributed by atoms with van der Waals surface area (Å²) < 4.78 is 76.4. The Labute approximate surface area is 111 Å². The first-order chi connectivity index (χ1) is 9.13. The number of hydrogen-bond donors (Lipinski definition) is 0. The minimum Gasteiger partial charge on any atom is -0.170 e. The van der Waals surface area contributed by atoms with Crippen LogP contribution >= 0.6 is 0 Å². The summed E-state index contributed by atoms with van der Waals surface area (Å²) in [6.45, 7) is 3.30. The highest BCUT2D eigenvalue weighted by atomic mass is 19.4. The van der Waals surface area contributed by atoms with Crippen LogP contribution in [-0.2, 0) is 12.6 Å². The van der Waals surface area contributed by atoms with E-state index in [1.54, 1.807) is 0 Å². The van der Waals surface area contributed by atoms with Crippen LogP contribution in [0, 0.1) is 5.92 Å². The van der Waals surface area contributed by atoms with E-state index in [0.29, 0.717) is 0 Å². The second kappa shape index (κ2) is 4.68. The molecule has 1 aliphatic rings. The molecule has 0 fully saturated rings. The maximum atomic E-state index is 12.9. The maximum absolute atomic E-state index is 12.9. The molecule has 20 heavy (non-hydrogen) atoms. The van der Waals surface area contributed by atoms with Crippen molar-refractivity contribution in [1.82, 2.24) is 0 Å². The largest absolute Gasteiger partial charge is 0.416 e. The van der Waals surface area contributed by atoms with Gasteiger partial charge in [0.2, 0.25) is 0 Å². The molecule has 0 aliphatic heterocycles. The van der Waals surface area contributed by atoms with Crippen molar-refractivity contribution in [3.05, 3.63) is 53.1 Å². The van der Waals surface area contributed by atoms with Crippen LogP contribution in [-0.4, -0.2) is 6.18 Å². The monoisotopic (exact) mass is 292 g/mol. The lowest BCUT2D eigenvalue weighted by atomic mass is 9.82. The molecule has 1 unspecified atom stereocenters. The zero-order chi connectivity index (χ0) is 15.1. The third-order valence-corrected chi connectivity index (χ3v) is 3.25. The predicted octanol–water partition coefficient (Wildman–Crippen LogP) is 5.01. The zero-order valence-electron chi connectivity index (χ0n) is 10.1. The van der Waals surface area contributed by atoms with Crippen LogP contribution in [0.3, 0.4) is 0 Å². The van der Waals surface area contributed by atoms with Crippen LogP contribution in [0.15, 0.2) is 36.4 Å². The number of halogens is 6. The van der Waals surface area contributed by atoms with Crippen molar-refractivity contribution in [2.45, 2.75) is 18.8 Å². The second-order valence-electron chi connectivity index (χ2n) is 4.56. The Morgan fingerprint density at radius 1 is 1.10 bits per heavy atom. The molecule has 108 valence electrons. The SMILES string of the molecule is C=CC1=Cc2cc(C(F)(F)F)ccc2CC1C(F)(F)F. The van der Waals surface area contributed by atoms with Gasteiger partial charge >= 0.3 is 12.4 Å². The summed E-state index contributed by atoms with van der Waals surface area (Å²) in [5.41, 5.74) is -0.563. The zero-order valence-corrected chi connectivity index (χ0v) is 10.1. The fraction of sp³-hybridized carbons (Fsp3) is 0.286. The quantitative estimate of drug-likeness (QED) is 0.638. The number of rotatable bonds is 1. The summed E-state index contributed by atoms with van der Waals surface area (Å²) in [6, 6.07) is 2.78. The van der Waals surface area contributed by atoms with Gasteiger partial charge in [-0.25, -0.2) is 0 Å². The highest BCUT2D eigenvalue weighted by Gasteiger charge is 2.43. The summed E-state index contributed by atoms with van der Waals surface area (Å²) in [5, 5.41) is 0. The van der Waals surface area contributed by atoms with E-state index in [4.69, 9.17) is 0 Å². The van der Waals surface area contributed by atoms with Gasteiger partial charge < -0.3 is 0 Å². The number of allylic oxidation sites excluding steroid dienone is 2. The van der Waals surface area contributed by atoms with Gasteiger partial charge in [-0.05, 0) is 35.3 Å². The fourth-order valence-electron chi connectivity index (χ4n) is 2.22. The molecule has 0 spiro atoms. The summed E-state index contributed by atoms with van der Waals surface area (Å²) >= 11 is 0. The molecule has 0 aromatic heterocycles. The molecule has 1 aliphatic carbocycles. The topological polar surface area (TPSA) is 0 Å². The minimum absolute atomic E-state index is 0.107. The molecule has 0 saturated carbocycles. The standard InChI is InChI=1S/C14H10F6/c1-2-8-5-10-6-11(13(15,16)17)4-3-9(10)7-12(8)14(18,19)20/h2-6,12H,1,7H2. The van der Waals surface area contributed by atoms with Gasteiger partial charge in [0.25, 0.3) is 0 Å². The first-order valence-corrected chi connectivity index (χ1v) is 5.74. The summed E-state index contributed by atoms with van der Waals surface area (Å²) in [6.07, 6.45) is -7.16. The molecule has 1 aromatic carbocycles. The first-order valence-electron chi connectivity index (χ1n) is 5.74. The maximum Gasteiger partial charge on any atom is 0.416 e. The second-order valence-corrected chi connectivity index (χ2v) is 4.56. The number of benzene rings is 1. The highest BCUT2D eigenvalue weighted by Crippen LogP contribution is 2.41. The van der Waals surface area contributed by atoms with Crippen LogP contribution in [0.2, 0.25) is 0 Å². The average molecular weight is 292 g/mol. The predicted molar refractivity (Wildman–Crippen MR) is 62.9 cm³/mol. The fourth-order valence-corrected chi connectivity index (χ4v) is 2.22. The Kier molecular flexibility index (Phi) is 3.44. The molecule has 0 heterocycles. The Morgan fingerprint density at radius 3 is 2.25 bits per heavy atom. The molecule has 0 bridgehead atoms. The van der Waals surface area contributed by atoms with Crippen molar-refractivity contribution in [3.8, 4) is 0 Å². The molecular weight excluding hydrogens is 282 g/mol. The van der Waals surface area contributed by atoms with Crippen molar-refractivity contribution < 1.29 is 26.3 Å². The lowest BCUT2D eigenvalue weighted by Gasteiger charge is -2.27. The van der Waals surface area contributed by atoms with E-state index in [9.17, 15) is 26.3 Å². The van der Waals surface area contributed by atoms with Gasteiger partial charge in [-0.1, -0.05) is 24.8 Å². The van der Waals surface area contributed by atoms with Crippen molar-refractivity contribution in [2.75, 3.05) is 0 Å². The normalized spacial score (nSPS) is 19.3. The van der Waals surface area contributed by atoms with Gasteiger partial charge in [-0.3, -0.25) is 0 Å². The number of hydrogen-bond acceptors (Lipinski definition) is 0. The smallest absolute Gasteiger partial charge is 0.170 e. The van der Waals surface area contributed by atoms with Crippen LogP contribution in [0.4, 0.5) is 26.3 Å². The Balaban J connectivity index is 2.49. The molecule has 6 heteroatoms. The van der Waals surface area contributed by atoms with Crippen LogP contribution in [0.25, 0.3) is 6.08 Å². The van der Waals surface area contributed by atoms with Crippen molar-refractivity contribution >= 4 is 6.08 Å². The Bertz CT molecular complexity index is 562. The molecule has 1 aromatic rings. The molecular formula is C14H10F6. The van der Waals surface area contributed by atoms with Crippen LogP contribution < -0.4 is 0 Å². The molecule has 0 nitrogen and oxygen atoms in total. The Hall–Kier alpha value is -1.72. The summed E-state index contributed by atoms with van der Waals surface area (Å²) in [7, 11) is 0. The van der Waals surface area contributed by atoms with Gasteiger partial charge in [0.1, 0.15) is 0 Å². The third kappa shape index (κ3) is 2.73. The summed E-state index contributed by atoms with van der Waals surface area (Å²) in [4.78, 5) is 0. The van der Waals surface area contributed by atoms with E-state index in [-0.39, 0.29) is 23.1 Å². The summed E-state index contributed by atoms with van der Waals surface area (Å²) in [5.74, 6) is -1.72. The van der Waals surface area contributed by atoms with E-state index in [1.165, 1.54) is 0 Å². The molecule has 0 radical (unpaired) electrons. The molecule has 1 atom stereocenters. The Morgan fingerprint density at radius 2 is 1.75 bits per heavy atom. The van der Waals surface area contributed by atoms with Gasteiger partial charge in [0.05, 0.1) is 11.5 Å². The van der Waals surface area contributed by atoms with Crippen LogP contribution in [0.5, 0.6) is 0 Å². The van der Waals surface area contributed by atoms with Gasteiger partial charge in [0.15, 0.2) is 0 Å². The first kappa shape index (κ1) is 14.7. The van der Waals surface area contributed by atoms with E-state index < -0.39 is 23.8 Å². The molecule has 0 N–H and O–H groups in total. The van der Waals surface area contributed by atoms with Crippen molar-refractivity contribution in [1.29, 1.82) is 0 Å². The molecule has 2 rings (SSSR count). The highest BCUT2D eigenvalue weighted by molar-refractivity contribution is 5.64. The van der Waals surface area contributed by atoms with E-state index in [2.05, 4.69) is 6.58 Å². The van der Waals surface area contributed by atoms with Gasteiger partial charge in [-0.15, -0.1) is 0 Å². The van der Waals surface area contributed by atoms with Crippen LogP contribution in [0.1, 0.15) is 16.7 Å². The van der Waals surface area contributed by atoms with E-state index in [1.807, 2.05) is 0 Å². The number of fused-ring (bicyclic) bond motifs is 1. The third-order valence-electron chi connectivity index (χ3n) is 3.25. The lowest BCUT2D eigenvalue weighted by Crippen LogP contribution is -2.28. The number of alkyl halides is 6. The minimum atomic E-state index is -4.52. The van der Waals surface area contributed by atoms with Gasteiger partial charge in [-0.2, -0.15) is 26.3 Å². The van der Waals surface area contributed by atoms with E-state index in [0.717, 1.165) is 30.4 Å².